The molecule has 1 aliphatic heterocycles. The van der Waals surface area contributed by atoms with Crippen molar-refractivity contribution in [2.45, 2.75) is 32.9 Å². The molecule has 0 radical (unpaired) electrons. The first kappa shape index (κ1) is 18.2. The van der Waals surface area contributed by atoms with Crippen molar-refractivity contribution in [2.75, 3.05) is 26.2 Å². The molecule has 2 N–H and O–H groups in total. The molecule has 0 aromatic heterocycles. The van der Waals surface area contributed by atoms with Crippen LogP contribution in [0, 0.1) is 11.7 Å². The maximum atomic E-state index is 13.8. The van der Waals surface area contributed by atoms with Crippen LogP contribution >= 0.6 is 11.6 Å². The van der Waals surface area contributed by atoms with Gasteiger partial charge in [0.2, 0.25) is 5.91 Å². The van der Waals surface area contributed by atoms with E-state index in [0.29, 0.717) is 55.6 Å². The summed E-state index contributed by atoms with van der Waals surface area (Å²) in [7, 11) is 0. The Labute approximate surface area is 142 Å². The third-order valence-electron chi connectivity index (χ3n) is 4.17. The molecule has 1 aromatic carbocycles. The Hall–Kier alpha value is -1.17. The molecule has 1 fully saturated rings. The summed E-state index contributed by atoms with van der Waals surface area (Å²) in [4.78, 5) is 16.2. The third-order valence-corrected chi connectivity index (χ3v) is 4.52. The van der Waals surface area contributed by atoms with Crippen LogP contribution in [0.15, 0.2) is 18.2 Å². The Kier molecular flexibility index (Phi) is 6.39. The molecule has 23 heavy (non-hydrogen) atoms. The number of carbonyl (C=O) groups excluding carboxylic acids is 1. The number of hydrogen-bond donors (Lipinski definition) is 1. The number of halogens is 2. The zero-order chi connectivity index (χ0) is 17.0. The molecular formula is C17H25ClFN3O. The molecule has 4 nitrogen and oxygen atoms in total. The maximum Gasteiger partial charge on any atom is 0.239 e. The van der Waals surface area contributed by atoms with E-state index in [1.54, 1.807) is 12.1 Å². The van der Waals surface area contributed by atoms with E-state index in [9.17, 15) is 9.18 Å². The first-order valence-corrected chi connectivity index (χ1v) is 8.46. The highest BCUT2D eigenvalue weighted by molar-refractivity contribution is 6.31. The van der Waals surface area contributed by atoms with Gasteiger partial charge in [-0.05, 0) is 24.5 Å². The van der Waals surface area contributed by atoms with Crippen molar-refractivity contribution >= 4 is 17.5 Å². The summed E-state index contributed by atoms with van der Waals surface area (Å²) >= 11 is 6.07. The number of amides is 1. The van der Waals surface area contributed by atoms with Gasteiger partial charge in [0.25, 0.3) is 0 Å². The number of hydrogen-bond acceptors (Lipinski definition) is 3. The van der Waals surface area contributed by atoms with Crippen molar-refractivity contribution in [2.24, 2.45) is 11.7 Å². The van der Waals surface area contributed by atoms with Crippen molar-refractivity contribution in [1.29, 1.82) is 0 Å². The molecule has 0 saturated carbocycles. The number of carbonyl (C=O) groups is 1. The van der Waals surface area contributed by atoms with Crippen LogP contribution in [0.25, 0.3) is 0 Å². The molecular weight excluding hydrogens is 317 g/mol. The summed E-state index contributed by atoms with van der Waals surface area (Å²) in [5, 5.41) is 0.447. The Morgan fingerprint density at radius 3 is 2.52 bits per heavy atom. The molecule has 1 aromatic rings. The highest BCUT2D eigenvalue weighted by atomic mass is 35.5. The average molecular weight is 342 g/mol. The minimum atomic E-state index is -0.428. The highest BCUT2D eigenvalue weighted by Gasteiger charge is 2.26. The standard InChI is InChI=1S/C17H25ClFN3O/c1-12(2)10-16(20)17(23)22-8-6-21(7-9-22)11-13-14(18)4-3-5-15(13)19/h3-5,12,16H,6-11,20H2,1-2H3/t16-/m0/s1. The van der Waals surface area contributed by atoms with E-state index in [-0.39, 0.29) is 11.7 Å². The molecule has 1 aliphatic rings. The van der Waals surface area contributed by atoms with E-state index in [1.807, 2.05) is 4.90 Å². The zero-order valence-corrected chi connectivity index (χ0v) is 14.5. The van der Waals surface area contributed by atoms with Gasteiger partial charge in [0.15, 0.2) is 0 Å². The van der Waals surface area contributed by atoms with Gasteiger partial charge < -0.3 is 10.6 Å². The van der Waals surface area contributed by atoms with Crippen molar-refractivity contribution in [1.82, 2.24) is 9.80 Å². The highest BCUT2D eigenvalue weighted by Crippen LogP contribution is 2.21. The van der Waals surface area contributed by atoms with Crippen LogP contribution in [0.4, 0.5) is 4.39 Å². The third kappa shape index (κ3) is 4.90. The lowest BCUT2D eigenvalue weighted by Crippen LogP contribution is -2.53. The second-order valence-corrected chi connectivity index (χ2v) is 6.94. The molecule has 1 atom stereocenters. The van der Waals surface area contributed by atoms with E-state index >= 15 is 0 Å². The van der Waals surface area contributed by atoms with Gasteiger partial charge in [-0.1, -0.05) is 31.5 Å². The van der Waals surface area contributed by atoms with Crippen LogP contribution in [-0.2, 0) is 11.3 Å². The number of rotatable bonds is 5. The molecule has 0 aliphatic carbocycles. The van der Waals surface area contributed by atoms with Crippen LogP contribution < -0.4 is 5.73 Å². The fraction of sp³-hybridized carbons (Fsp3) is 0.588. The van der Waals surface area contributed by atoms with Crippen LogP contribution in [0.5, 0.6) is 0 Å². The summed E-state index contributed by atoms with van der Waals surface area (Å²) < 4.78 is 13.8. The minimum Gasteiger partial charge on any atom is -0.339 e. The second kappa shape index (κ2) is 8.08. The zero-order valence-electron chi connectivity index (χ0n) is 13.8. The lowest BCUT2D eigenvalue weighted by Gasteiger charge is -2.36. The Balaban J connectivity index is 1.88. The molecule has 2 rings (SSSR count). The number of nitrogens with zero attached hydrogens (tertiary/aromatic N) is 2. The largest absolute Gasteiger partial charge is 0.339 e. The number of nitrogens with two attached hydrogens (primary N) is 1. The van der Waals surface area contributed by atoms with E-state index in [2.05, 4.69) is 18.7 Å². The topological polar surface area (TPSA) is 49.6 Å². The second-order valence-electron chi connectivity index (χ2n) is 6.54. The minimum absolute atomic E-state index is 0.0160. The van der Waals surface area contributed by atoms with Crippen LogP contribution in [-0.4, -0.2) is 47.9 Å². The van der Waals surface area contributed by atoms with E-state index in [4.69, 9.17) is 17.3 Å². The van der Waals surface area contributed by atoms with Gasteiger partial charge in [0.05, 0.1) is 6.04 Å². The smallest absolute Gasteiger partial charge is 0.239 e. The summed E-state index contributed by atoms with van der Waals surface area (Å²) in [6.45, 7) is 7.22. The van der Waals surface area contributed by atoms with E-state index in [1.165, 1.54) is 6.07 Å². The number of benzene rings is 1. The predicted octanol–water partition coefficient (Wildman–Crippen LogP) is 2.50. The molecule has 0 unspecified atom stereocenters. The van der Waals surface area contributed by atoms with Gasteiger partial charge in [-0.3, -0.25) is 9.69 Å². The fourth-order valence-corrected chi connectivity index (χ4v) is 3.10. The van der Waals surface area contributed by atoms with Crippen LogP contribution in [0.2, 0.25) is 5.02 Å². The van der Waals surface area contributed by atoms with Crippen molar-refractivity contribution in [3.05, 3.63) is 34.6 Å². The molecule has 128 valence electrons. The summed E-state index contributed by atoms with van der Waals surface area (Å²) in [6.07, 6.45) is 0.698. The van der Waals surface area contributed by atoms with Gasteiger partial charge in [0.1, 0.15) is 5.82 Å². The van der Waals surface area contributed by atoms with E-state index < -0.39 is 6.04 Å². The predicted molar refractivity (Wildman–Crippen MR) is 90.7 cm³/mol. The molecule has 1 amide bonds. The average Bonchev–Trinajstić information content (AvgIpc) is 2.50. The van der Waals surface area contributed by atoms with Gasteiger partial charge in [-0.15, -0.1) is 0 Å². The van der Waals surface area contributed by atoms with Gasteiger partial charge in [0, 0.05) is 43.3 Å². The fourth-order valence-electron chi connectivity index (χ4n) is 2.88. The van der Waals surface area contributed by atoms with Crippen LogP contribution in [0.1, 0.15) is 25.8 Å². The Bertz CT molecular complexity index is 524. The van der Waals surface area contributed by atoms with Crippen molar-refractivity contribution in [3.63, 3.8) is 0 Å². The van der Waals surface area contributed by atoms with E-state index in [0.717, 1.165) is 0 Å². The molecule has 1 heterocycles. The summed E-state index contributed by atoms with van der Waals surface area (Å²) in [6, 6.07) is 4.30. The number of piperazine rings is 1. The first-order valence-electron chi connectivity index (χ1n) is 8.08. The molecule has 6 heteroatoms. The maximum absolute atomic E-state index is 13.8. The van der Waals surface area contributed by atoms with Gasteiger partial charge in [-0.2, -0.15) is 0 Å². The lowest BCUT2D eigenvalue weighted by atomic mass is 10.0. The lowest BCUT2D eigenvalue weighted by molar-refractivity contribution is -0.134. The first-order chi connectivity index (χ1) is 10.9. The molecule has 0 bridgehead atoms. The molecule has 0 spiro atoms. The monoisotopic (exact) mass is 341 g/mol. The summed E-state index contributed by atoms with van der Waals surface area (Å²) in [5.74, 6) is 0.135. The van der Waals surface area contributed by atoms with Gasteiger partial charge >= 0.3 is 0 Å². The van der Waals surface area contributed by atoms with Crippen LogP contribution in [0.3, 0.4) is 0 Å². The molecule has 1 saturated heterocycles. The van der Waals surface area contributed by atoms with Crippen molar-refractivity contribution in [3.8, 4) is 0 Å². The summed E-state index contributed by atoms with van der Waals surface area (Å²) in [5.41, 5.74) is 6.49. The normalized spacial score (nSPS) is 17.6. The van der Waals surface area contributed by atoms with Crippen molar-refractivity contribution < 1.29 is 9.18 Å². The SMILES string of the molecule is CC(C)C[C@H](N)C(=O)N1CCN(Cc2c(F)cccc2Cl)CC1. The Morgan fingerprint density at radius 1 is 1.30 bits per heavy atom. The quantitative estimate of drug-likeness (QED) is 0.895. The van der Waals surface area contributed by atoms with Gasteiger partial charge in [-0.25, -0.2) is 4.39 Å². The Morgan fingerprint density at radius 2 is 1.96 bits per heavy atom.